The molecule has 0 spiro atoms. The van der Waals surface area contributed by atoms with Gasteiger partial charge in [0.2, 0.25) is 0 Å². The largest absolute Gasteiger partial charge is 0.545 e. The smallest absolute Gasteiger partial charge is 0.306 e. The van der Waals surface area contributed by atoms with E-state index in [1.54, 1.807) is 0 Å². The van der Waals surface area contributed by atoms with Crippen molar-refractivity contribution in [3.8, 4) is 0 Å². The number of aliphatic carboxylic acids is 1. The lowest BCUT2D eigenvalue weighted by Crippen LogP contribution is -2.44. The Kier molecular flexibility index (Phi) is 63.5. The van der Waals surface area contributed by atoms with Crippen molar-refractivity contribution in [2.45, 2.75) is 373 Å². The molecule has 0 rings (SSSR count). The number of quaternary nitrogens is 1. The average Bonchev–Trinajstić information content (AvgIpc) is 3.46. The maximum Gasteiger partial charge on any atom is 0.306 e. The highest BCUT2D eigenvalue weighted by atomic mass is 16.7. The molecule has 0 fully saturated rings. The molecule has 488 valence electrons. The summed E-state index contributed by atoms with van der Waals surface area (Å²) < 4.78 is 22.8. The first-order valence-electron chi connectivity index (χ1n) is 36.1. The van der Waals surface area contributed by atoms with Gasteiger partial charge < -0.3 is 33.3 Å². The third kappa shape index (κ3) is 66.9. The highest BCUT2D eigenvalue weighted by Gasteiger charge is 2.22. The third-order valence-corrected chi connectivity index (χ3v) is 16.4. The summed E-state index contributed by atoms with van der Waals surface area (Å²) in [7, 11) is 5.94. The minimum absolute atomic E-state index is 0.150. The Bertz CT molecular complexity index is 1450. The molecule has 2 atom stereocenters. The lowest BCUT2D eigenvalue weighted by atomic mass is 10.0. The second kappa shape index (κ2) is 65.5. The Morgan fingerprint density at radius 2 is 0.651 bits per heavy atom. The molecular formula is C74H139NO8. The van der Waals surface area contributed by atoms with E-state index in [1.165, 1.54) is 289 Å². The highest BCUT2D eigenvalue weighted by Crippen LogP contribution is 2.19. The SMILES string of the molecule is CCCCCCC/C=C\C/C=C\CCCCCCCCCCCCCCCCCCCCCCCCCCCCCCCC(=O)OC(COC(=O)CCCCCCCCC/C=C\CCCCCCCC)COC(OCC[N+](C)(C)C)C(=O)[O-]. The van der Waals surface area contributed by atoms with Gasteiger partial charge in [-0.25, -0.2) is 0 Å². The molecule has 0 heterocycles. The molecule has 83 heavy (non-hydrogen) atoms. The Balaban J connectivity index is 3.91. The number of carboxylic acid groups (broad SMARTS) is 1. The second-order valence-electron chi connectivity index (χ2n) is 25.9. The van der Waals surface area contributed by atoms with Crippen molar-refractivity contribution >= 4 is 17.9 Å². The summed E-state index contributed by atoms with van der Waals surface area (Å²) in [6.45, 7) is 4.78. The molecule has 0 amide bonds. The predicted octanol–water partition coefficient (Wildman–Crippen LogP) is 21.0. The Morgan fingerprint density at radius 3 is 0.964 bits per heavy atom. The zero-order chi connectivity index (χ0) is 60.5. The number of carbonyl (C=O) groups is 3. The fourth-order valence-electron chi connectivity index (χ4n) is 10.8. The van der Waals surface area contributed by atoms with Crippen molar-refractivity contribution in [2.24, 2.45) is 0 Å². The number of hydrogen-bond acceptors (Lipinski definition) is 8. The summed E-state index contributed by atoms with van der Waals surface area (Å²) in [4.78, 5) is 37.4. The van der Waals surface area contributed by atoms with Crippen molar-refractivity contribution < 1.29 is 42.9 Å². The van der Waals surface area contributed by atoms with Crippen LogP contribution in [0, 0.1) is 0 Å². The van der Waals surface area contributed by atoms with Crippen LogP contribution in [0.5, 0.6) is 0 Å². The van der Waals surface area contributed by atoms with Crippen molar-refractivity contribution in [3.63, 3.8) is 0 Å². The monoisotopic (exact) mass is 1170 g/mol. The molecule has 9 nitrogen and oxygen atoms in total. The van der Waals surface area contributed by atoms with Crippen molar-refractivity contribution in [1.82, 2.24) is 0 Å². The van der Waals surface area contributed by atoms with E-state index in [0.717, 1.165) is 44.9 Å². The van der Waals surface area contributed by atoms with Gasteiger partial charge in [-0.05, 0) is 70.6 Å². The lowest BCUT2D eigenvalue weighted by Gasteiger charge is -2.26. The molecule has 0 N–H and O–H groups in total. The van der Waals surface area contributed by atoms with Crippen LogP contribution in [0.2, 0.25) is 0 Å². The molecule has 0 aromatic heterocycles. The van der Waals surface area contributed by atoms with Crippen LogP contribution in [0.4, 0.5) is 0 Å². The molecule has 0 saturated heterocycles. The van der Waals surface area contributed by atoms with Gasteiger partial charge in [0.1, 0.15) is 13.2 Å². The number of likely N-dealkylation sites (N-methyl/N-ethyl adjacent to an activating group) is 1. The minimum atomic E-state index is -1.62. The minimum Gasteiger partial charge on any atom is -0.545 e. The van der Waals surface area contributed by atoms with E-state index in [2.05, 4.69) is 50.3 Å². The number of carboxylic acids is 1. The van der Waals surface area contributed by atoms with Crippen molar-refractivity contribution in [1.29, 1.82) is 0 Å². The summed E-state index contributed by atoms with van der Waals surface area (Å²) in [5, 5.41) is 11.8. The van der Waals surface area contributed by atoms with Gasteiger partial charge in [0.05, 0.1) is 40.3 Å². The Morgan fingerprint density at radius 1 is 0.361 bits per heavy atom. The van der Waals surface area contributed by atoms with Gasteiger partial charge >= 0.3 is 11.9 Å². The van der Waals surface area contributed by atoms with Gasteiger partial charge in [0.15, 0.2) is 12.4 Å². The first-order valence-corrected chi connectivity index (χ1v) is 36.1. The van der Waals surface area contributed by atoms with Gasteiger partial charge in [-0.3, -0.25) is 9.59 Å². The molecule has 0 aliphatic heterocycles. The standard InChI is InChI=1S/C74H139NO8/c1-6-8-10-12-14-16-18-20-22-24-25-26-27-28-29-30-31-32-33-34-35-36-37-38-39-40-41-42-43-44-45-46-47-49-51-53-55-57-59-61-63-65-72(77)83-70(69-82-74(73(78)79)80-67-66-75(3,4)5)68-81-71(76)64-62-60-58-56-54-52-50-48-23-21-19-17-15-13-11-9-7-2/h18,20-21,23-25,70,74H,6-17,19,22,26-69H2,1-5H3/b20-18-,23-21-,25-24-. The zero-order valence-corrected chi connectivity index (χ0v) is 55.8. The van der Waals surface area contributed by atoms with Crippen LogP contribution in [0.1, 0.15) is 361 Å². The number of rotatable bonds is 68. The van der Waals surface area contributed by atoms with Gasteiger partial charge in [-0.15, -0.1) is 0 Å². The topological polar surface area (TPSA) is 111 Å². The van der Waals surface area contributed by atoms with E-state index in [9.17, 15) is 19.5 Å². The summed E-state index contributed by atoms with van der Waals surface area (Å²) >= 11 is 0. The molecule has 0 aromatic rings. The van der Waals surface area contributed by atoms with Crippen LogP contribution in [-0.4, -0.2) is 82.3 Å². The van der Waals surface area contributed by atoms with Gasteiger partial charge in [-0.1, -0.05) is 314 Å². The van der Waals surface area contributed by atoms with Gasteiger partial charge in [-0.2, -0.15) is 0 Å². The normalized spacial score (nSPS) is 12.8. The van der Waals surface area contributed by atoms with E-state index in [-0.39, 0.29) is 32.2 Å². The van der Waals surface area contributed by atoms with Crippen LogP contribution >= 0.6 is 0 Å². The molecule has 0 aliphatic carbocycles. The van der Waals surface area contributed by atoms with Crippen LogP contribution in [0.3, 0.4) is 0 Å². The van der Waals surface area contributed by atoms with E-state index in [4.69, 9.17) is 18.9 Å². The first-order chi connectivity index (χ1) is 40.6. The van der Waals surface area contributed by atoms with Crippen molar-refractivity contribution in [2.75, 3.05) is 47.5 Å². The van der Waals surface area contributed by atoms with Gasteiger partial charge in [0.25, 0.3) is 0 Å². The van der Waals surface area contributed by atoms with E-state index in [1.807, 2.05) is 21.1 Å². The molecule has 0 aromatic carbocycles. The summed E-state index contributed by atoms with van der Waals surface area (Å²) in [5.41, 5.74) is 0. The molecule has 9 heteroatoms. The molecule has 0 aliphatic rings. The number of nitrogens with zero attached hydrogens (tertiary/aromatic N) is 1. The van der Waals surface area contributed by atoms with Crippen molar-refractivity contribution in [3.05, 3.63) is 36.5 Å². The first kappa shape index (κ1) is 80.5. The second-order valence-corrected chi connectivity index (χ2v) is 25.9. The van der Waals surface area contributed by atoms with Crippen LogP contribution in [0.15, 0.2) is 36.5 Å². The van der Waals surface area contributed by atoms with Crippen LogP contribution in [-0.2, 0) is 33.3 Å². The van der Waals surface area contributed by atoms with E-state index >= 15 is 0 Å². The number of ether oxygens (including phenoxy) is 4. The summed E-state index contributed by atoms with van der Waals surface area (Å²) in [5.74, 6) is -2.26. The number of unbranched alkanes of at least 4 members (excludes halogenated alkanes) is 47. The van der Waals surface area contributed by atoms with Crippen LogP contribution in [0.25, 0.3) is 0 Å². The number of esters is 2. The summed E-state index contributed by atoms with van der Waals surface area (Å²) in [6.07, 6.45) is 79.7. The maximum atomic E-state index is 12.9. The number of carbonyl (C=O) groups excluding carboxylic acids is 3. The van der Waals surface area contributed by atoms with E-state index in [0.29, 0.717) is 17.4 Å². The lowest BCUT2D eigenvalue weighted by molar-refractivity contribution is -0.870. The number of allylic oxidation sites excluding steroid dienone is 6. The maximum absolute atomic E-state index is 12.9. The molecule has 0 radical (unpaired) electrons. The average molecular weight is 1170 g/mol. The molecule has 0 saturated carbocycles. The predicted molar refractivity (Wildman–Crippen MR) is 353 cm³/mol. The zero-order valence-electron chi connectivity index (χ0n) is 55.8. The third-order valence-electron chi connectivity index (χ3n) is 16.4. The van der Waals surface area contributed by atoms with Gasteiger partial charge in [0, 0.05) is 12.8 Å². The van der Waals surface area contributed by atoms with E-state index < -0.39 is 24.3 Å². The summed E-state index contributed by atoms with van der Waals surface area (Å²) in [6, 6.07) is 0. The van der Waals surface area contributed by atoms with Crippen LogP contribution < -0.4 is 5.11 Å². The fourth-order valence-corrected chi connectivity index (χ4v) is 10.8. The highest BCUT2D eigenvalue weighted by molar-refractivity contribution is 5.70. The molecule has 0 bridgehead atoms. The Labute approximate surface area is 515 Å². The Hall–Kier alpha value is -2.49. The fraction of sp³-hybridized carbons (Fsp3) is 0.878. The number of hydrogen-bond donors (Lipinski definition) is 0. The quantitative estimate of drug-likeness (QED) is 0.0195. The molecular weight excluding hydrogens is 1030 g/mol. The molecule has 2 unspecified atom stereocenters.